The molecular formula is C14H21N3O3S. The largest absolute Gasteiger partial charge is 0.358 e. The van der Waals surface area contributed by atoms with E-state index in [4.69, 9.17) is 5.73 Å². The summed E-state index contributed by atoms with van der Waals surface area (Å²) >= 11 is 0. The molecule has 1 amide bonds. The number of sulfonamides is 1. The molecule has 6 nitrogen and oxygen atoms in total. The molecule has 1 fully saturated rings. The first-order chi connectivity index (χ1) is 9.87. The number of nitrogens with zero attached hydrogens (tertiary/aromatic N) is 1. The van der Waals surface area contributed by atoms with Crippen LogP contribution in [0.4, 0.5) is 0 Å². The van der Waals surface area contributed by atoms with Gasteiger partial charge in [0.05, 0.1) is 4.90 Å². The zero-order chi connectivity index (χ0) is 15.6. The van der Waals surface area contributed by atoms with Crippen LogP contribution in [0.25, 0.3) is 0 Å². The van der Waals surface area contributed by atoms with Crippen molar-refractivity contribution in [3.63, 3.8) is 0 Å². The van der Waals surface area contributed by atoms with Crippen molar-refractivity contribution in [3.05, 3.63) is 29.8 Å². The van der Waals surface area contributed by atoms with Gasteiger partial charge in [0.25, 0.3) is 0 Å². The number of nitrogens with one attached hydrogen (secondary N) is 1. The predicted molar refractivity (Wildman–Crippen MR) is 80.0 cm³/mol. The maximum atomic E-state index is 12.7. The number of hydrogen-bond donors (Lipinski definition) is 2. The highest BCUT2D eigenvalue weighted by atomic mass is 32.2. The topological polar surface area (TPSA) is 92.5 Å². The van der Waals surface area contributed by atoms with Gasteiger partial charge in [-0.05, 0) is 37.5 Å². The second-order valence-corrected chi connectivity index (χ2v) is 7.14. The predicted octanol–water partition coefficient (Wildman–Crippen LogP) is 0.605. The van der Waals surface area contributed by atoms with Gasteiger partial charge in [0.2, 0.25) is 15.9 Å². The van der Waals surface area contributed by atoms with Crippen molar-refractivity contribution in [2.24, 2.45) is 5.73 Å². The van der Waals surface area contributed by atoms with Crippen LogP contribution in [0.2, 0.25) is 0 Å². The lowest BCUT2D eigenvalue weighted by atomic mass is 10.1. The number of rotatable bonds is 4. The molecule has 1 aromatic rings. The van der Waals surface area contributed by atoms with Gasteiger partial charge in [-0.2, -0.15) is 4.31 Å². The third-order valence-electron chi connectivity index (χ3n) is 3.74. The molecule has 3 N–H and O–H groups in total. The van der Waals surface area contributed by atoms with Crippen molar-refractivity contribution in [1.29, 1.82) is 0 Å². The molecule has 1 saturated heterocycles. The van der Waals surface area contributed by atoms with E-state index in [0.29, 0.717) is 19.4 Å². The number of carbonyl (C=O) groups is 1. The Morgan fingerprint density at radius 2 is 2.19 bits per heavy atom. The van der Waals surface area contributed by atoms with E-state index in [0.717, 1.165) is 5.56 Å². The van der Waals surface area contributed by atoms with Crippen molar-refractivity contribution < 1.29 is 13.2 Å². The quantitative estimate of drug-likeness (QED) is 0.852. The van der Waals surface area contributed by atoms with Crippen molar-refractivity contribution in [2.45, 2.75) is 36.7 Å². The van der Waals surface area contributed by atoms with E-state index in [1.54, 1.807) is 31.2 Å². The molecule has 0 aromatic heterocycles. The summed E-state index contributed by atoms with van der Waals surface area (Å²) in [7, 11) is -2.17. The first-order valence-corrected chi connectivity index (χ1v) is 8.41. The van der Waals surface area contributed by atoms with E-state index < -0.39 is 16.1 Å². The number of hydrogen-bond acceptors (Lipinski definition) is 4. The molecule has 7 heteroatoms. The Labute approximate surface area is 125 Å². The Bertz CT molecular complexity index is 628. The van der Waals surface area contributed by atoms with Gasteiger partial charge in [0.15, 0.2) is 0 Å². The van der Waals surface area contributed by atoms with Crippen LogP contribution in [0.3, 0.4) is 0 Å². The van der Waals surface area contributed by atoms with E-state index in [2.05, 4.69) is 5.32 Å². The molecule has 1 heterocycles. The van der Waals surface area contributed by atoms with Gasteiger partial charge in [0, 0.05) is 19.6 Å². The molecule has 2 unspecified atom stereocenters. The second kappa shape index (κ2) is 6.13. The van der Waals surface area contributed by atoms with Crippen molar-refractivity contribution in [1.82, 2.24) is 9.62 Å². The summed E-state index contributed by atoms with van der Waals surface area (Å²) in [4.78, 5) is 12.0. The summed E-state index contributed by atoms with van der Waals surface area (Å²) in [6.07, 6.45) is 1.23. The Hall–Kier alpha value is -1.44. The van der Waals surface area contributed by atoms with Gasteiger partial charge in [-0.15, -0.1) is 0 Å². The minimum absolute atomic E-state index is 0.188. The van der Waals surface area contributed by atoms with Crippen LogP contribution >= 0.6 is 0 Å². The maximum absolute atomic E-state index is 12.7. The number of carbonyl (C=O) groups excluding carboxylic acids is 1. The molecular weight excluding hydrogens is 290 g/mol. The molecule has 0 saturated carbocycles. The summed E-state index contributed by atoms with van der Waals surface area (Å²) in [6.45, 7) is 2.16. The molecule has 1 aliphatic heterocycles. The molecule has 1 aromatic carbocycles. The van der Waals surface area contributed by atoms with Gasteiger partial charge < -0.3 is 11.1 Å². The molecule has 2 rings (SSSR count). The fraction of sp³-hybridized carbons (Fsp3) is 0.500. The van der Waals surface area contributed by atoms with Gasteiger partial charge in [-0.25, -0.2) is 8.42 Å². The van der Waals surface area contributed by atoms with Crippen LogP contribution in [0.5, 0.6) is 0 Å². The fourth-order valence-electron chi connectivity index (χ4n) is 2.55. The lowest BCUT2D eigenvalue weighted by Crippen LogP contribution is -2.44. The van der Waals surface area contributed by atoms with Crippen molar-refractivity contribution in [2.75, 3.05) is 13.6 Å². The van der Waals surface area contributed by atoms with Crippen LogP contribution in [-0.4, -0.2) is 38.3 Å². The van der Waals surface area contributed by atoms with Crippen molar-refractivity contribution >= 4 is 15.9 Å². The first kappa shape index (κ1) is 15.9. The van der Waals surface area contributed by atoms with Crippen LogP contribution in [0.15, 0.2) is 29.2 Å². The number of likely N-dealkylation sites (N-methyl/N-ethyl adjacent to an activating group) is 1. The standard InChI is InChI=1S/C14H21N3O3S/c1-10(15)11-5-3-6-12(9-11)21(19,20)17-8-4-7-13(17)14(18)16-2/h3,5-6,9-10,13H,4,7-8,15H2,1-2H3,(H,16,18). The van der Waals surface area contributed by atoms with Gasteiger partial charge >= 0.3 is 0 Å². The molecule has 116 valence electrons. The minimum atomic E-state index is -3.68. The third-order valence-corrected chi connectivity index (χ3v) is 5.65. The van der Waals surface area contributed by atoms with E-state index in [1.807, 2.05) is 0 Å². The van der Waals surface area contributed by atoms with Crippen LogP contribution in [0.1, 0.15) is 31.4 Å². The minimum Gasteiger partial charge on any atom is -0.358 e. The highest BCUT2D eigenvalue weighted by Gasteiger charge is 2.39. The van der Waals surface area contributed by atoms with Gasteiger partial charge in [0.1, 0.15) is 6.04 Å². The van der Waals surface area contributed by atoms with Crippen molar-refractivity contribution in [3.8, 4) is 0 Å². The second-order valence-electron chi connectivity index (χ2n) is 5.25. The zero-order valence-corrected chi connectivity index (χ0v) is 13.1. The summed E-state index contributed by atoms with van der Waals surface area (Å²) < 4.78 is 26.8. The van der Waals surface area contributed by atoms with Gasteiger partial charge in [-0.3, -0.25) is 4.79 Å². The van der Waals surface area contributed by atoms with Crippen LogP contribution < -0.4 is 11.1 Å². The Morgan fingerprint density at radius 1 is 1.48 bits per heavy atom. The number of amides is 1. The van der Waals surface area contributed by atoms with E-state index in [9.17, 15) is 13.2 Å². The van der Waals surface area contributed by atoms with E-state index >= 15 is 0 Å². The molecule has 0 radical (unpaired) electrons. The average molecular weight is 311 g/mol. The smallest absolute Gasteiger partial charge is 0.243 e. The lowest BCUT2D eigenvalue weighted by Gasteiger charge is -2.23. The Morgan fingerprint density at radius 3 is 2.81 bits per heavy atom. The number of benzene rings is 1. The Balaban J connectivity index is 2.37. The molecule has 0 bridgehead atoms. The van der Waals surface area contributed by atoms with Crippen LogP contribution in [-0.2, 0) is 14.8 Å². The normalized spacial score (nSPS) is 21.2. The summed E-state index contributed by atoms with van der Waals surface area (Å²) in [5.41, 5.74) is 6.56. The zero-order valence-electron chi connectivity index (χ0n) is 12.2. The average Bonchev–Trinajstić information content (AvgIpc) is 2.96. The van der Waals surface area contributed by atoms with Gasteiger partial charge in [-0.1, -0.05) is 12.1 Å². The summed E-state index contributed by atoms with van der Waals surface area (Å²) in [5, 5.41) is 2.53. The number of nitrogens with two attached hydrogens (primary N) is 1. The third kappa shape index (κ3) is 3.09. The summed E-state index contributed by atoms with van der Waals surface area (Å²) in [6, 6.07) is 5.73. The van der Waals surface area contributed by atoms with E-state index in [-0.39, 0.29) is 16.8 Å². The SMILES string of the molecule is CNC(=O)C1CCCN1S(=O)(=O)c1cccc(C(C)N)c1. The highest BCUT2D eigenvalue weighted by Crippen LogP contribution is 2.27. The molecule has 1 aliphatic rings. The molecule has 0 aliphatic carbocycles. The first-order valence-electron chi connectivity index (χ1n) is 6.97. The fourth-order valence-corrected chi connectivity index (χ4v) is 4.26. The molecule has 2 atom stereocenters. The van der Waals surface area contributed by atoms with E-state index in [1.165, 1.54) is 11.4 Å². The maximum Gasteiger partial charge on any atom is 0.243 e. The molecule has 21 heavy (non-hydrogen) atoms. The van der Waals surface area contributed by atoms with Crippen LogP contribution in [0, 0.1) is 0 Å². The highest BCUT2D eigenvalue weighted by molar-refractivity contribution is 7.89. The summed E-state index contributed by atoms with van der Waals surface area (Å²) in [5.74, 6) is -0.264. The monoisotopic (exact) mass is 311 g/mol. The lowest BCUT2D eigenvalue weighted by molar-refractivity contribution is -0.123. The Kier molecular flexibility index (Phi) is 4.65. The molecule has 0 spiro atoms.